The van der Waals surface area contributed by atoms with Crippen molar-refractivity contribution in [1.29, 1.82) is 0 Å². The highest BCUT2D eigenvalue weighted by atomic mass is 19.4. The summed E-state index contributed by atoms with van der Waals surface area (Å²) in [4.78, 5) is 39.2. The number of rotatable bonds is 6. The molecule has 0 aromatic carbocycles. The van der Waals surface area contributed by atoms with Crippen LogP contribution in [0.15, 0.2) is 30.9 Å². The zero-order chi connectivity index (χ0) is 25.8. The Kier molecular flexibility index (Phi) is 7.66. The van der Waals surface area contributed by atoms with Crippen molar-refractivity contribution in [2.45, 2.75) is 45.5 Å². The predicted octanol–water partition coefficient (Wildman–Crippen LogP) is 3.04. The van der Waals surface area contributed by atoms with E-state index < -0.39 is 23.4 Å². The number of alkyl halides is 3. The van der Waals surface area contributed by atoms with Crippen LogP contribution in [0.3, 0.4) is 0 Å². The minimum atomic E-state index is -4.53. The first-order valence-electron chi connectivity index (χ1n) is 10.8. The molecule has 1 N–H and O–H groups in total. The van der Waals surface area contributed by atoms with E-state index >= 15 is 0 Å². The van der Waals surface area contributed by atoms with E-state index in [2.05, 4.69) is 20.3 Å². The van der Waals surface area contributed by atoms with E-state index in [-0.39, 0.29) is 37.6 Å². The van der Waals surface area contributed by atoms with Crippen molar-refractivity contribution >= 4 is 23.6 Å². The lowest BCUT2D eigenvalue weighted by Crippen LogP contribution is -2.51. The second-order valence-electron chi connectivity index (χ2n) is 8.97. The van der Waals surface area contributed by atoms with Crippen molar-refractivity contribution in [3.8, 4) is 5.75 Å². The number of halogens is 3. The third-order valence-electron chi connectivity index (χ3n) is 4.74. The average Bonchev–Trinajstić information content (AvgIpc) is 2.76. The van der Waals surface area contributed by atoms with Crippen LogP contribution in [0.5, 0.6) is 5.75 Å². The Morgan fingerprint density at radius 1 is 1.14 bits per heavy atom. The zero-order valence-corrected chi connectivity index (χ0v) is 19.8. The Morgan fingerprint density at radius 2 is 1.83 bits per heavy atom. The molecule has 2 aromatic rings. The molecule has 10 nitrogen and oxygen atoms in total. The van der Waals surface area contributed by atoms with Gasteiger partial charge in [0.1, 0.15) is 24.5 Å². The molecule has 1 fully saturated rings. The van der Waals surface area contributed by atoms with Crippen molar-refractivity contribution in [1.82, 2.24) is 20.3 Å². The van der Waals surface area contributed by atoms with E-state index in [4.69, 9.17) is 9.47 Å². The van der Waals surface area contributed by atoms with Gasteiger partial charge in [-0.25, -0.2) is 14.8 Å². The van der Waals surface area contributed by atoms with Crippen LogP contribution in [-0.4, -0.2) is 64.8 Å². The SMILES string of the molecule is CC(COc1cncc(N2CCN(c3ncc(C(F)(F)F)cn3)CC2=O)c1)NC(=O)OC(C)(C)C. The molecule has 3 heterocycles. The van der Waals surface area contributed by atoms with Crippen LogP contribution in [0.4, 0.5) is 29.6 Å². The number of carbonyl (C=O) groups is 2. The topological polar surface area (TPSA) is 110 Å². The van der Waals surface area contributed by atoms with Gasteiger partial charge in [-0.15, -0.1) is 0 Å². The highest BCUT2D eigenvalue weighted by Gasteiger charge is 2.32. The monoisotopic (exact) mass is 496 g/mol. The van der Waals surface area contributed by atoms with Gasteiger partial charge in [-0.2, -0.15) is 13.2 Å². The summed E-state index contributed by atoms with van der Waals surface area (Å²) >= 11 is 0. The summed E-state index contributed by atoms with van der Waals surface area (Å²) in [7, 11) is 0. The number of aromatic nitrogens is 3. The molecule has 0 radical (unpaired) electrons. The summed E-state index contributed by atoms with van der Waals surface area (Å²) in [5, 5.41) is 2.67. The normalized spacial score (nSPS) is 15.6. The Hall–Kier alpha value is -3.64. The highest BCUT2D eigenvalue weighted by Crippen LogP contribution is 2.29. The summed E-state index contributed by atoms with van der Waals surface area (Å²) in [5.41, 5.74) is -1.06. The summed E-state index contributed by atoms with van der Waals surface area (Å²) in [6.07, 6.45) is -0.694. The smallest absolute Gasteiger partial charge is 0.419 e. The maximum Gasteiger partial charge on any atom is 0.419 e. The van der Waals surface area contributed by atoms with Crippen LogP contribution in [-0.2, 0) is 15.7 Å². The Bertz CT molecular complexity index is 1040. The van der Waals surface area contributed by atoms with Gasteiger partial charge in [0, 0.05) is 31.5 Å². The van der Waals surface area contributed by atoms with E-state index in [1.165, 1.54) is 22.2 Å². The van der Waals surface area contributed by atoms with Crippen LogP contribution in [0, 0.1) is 0 Å². The van der Waals surface area contributed by atoms with Gasteiger partial charge >= 0.3 is 12.3 Å². The number of piperazine rings is 1. The number of nitrogens with one attached hydrogen (secondary N) is 1. The highest BCUT2D eigenvalue weighted by molar-refractivity contribution is 5.97. The first-order valence-corrected chi connectivity index (χ1v) is 10.8. The van der Waals surface area contributed by atoms with Crippen LogP contribution in [0.25, 0.3) is 0 Å². The fourth-order valence-corrected chi connectivity index (χ4v) is 3.15. The van der Waals surface area contributed by atoms with Gasteiger partial charge in [0.05, 0.1) is 29.7 Å². The molecule has 1 unspecified atom stereocenters. The number of pyridine rings is 1. The number of ether oxygens (including phenoxy) is 2. The molecule has 1 aliphatic heterocycles. The van der Waals surface area contributed by atoms with Crippen molar-refractivity contribution in [2.75, 3.05) is 36.0 Å². The Balaban J connectivity index is 1.56. The van der Waals surface area contributed by atoms with Crippen LogP contribution >= 0.6 is 0 Å². The maximum absolute atomic E-state index is 12.7. The number of hydrogen-bond acceptors (Lipinski definition) is 8. The van der Waals surface area contributed by atoms with Crippen LogP contribution in [0.2, 0.25) is 0 Å². The van der Waals surface area contributed by atoms with Crippen molar-refractivity contribution < 1.29 is 32.2 Å². The molecule has 1 aliphatic rings. The predicted molar refractivity (Wildman–Crippen MR) is 120 cm³/mol. The van der Waals surface area contributed by atoms with Crippen molar-refractivity contribution in [3.05, 3.63) is 36.4 Å². The molecular formula is C22H27F3N6O4. The van der Waals surface area contributed by atoms with E-state index in [9.17, 15) is 22.8 Å². The van der Waals surface area contributed by atoms with E-state index in [0.717, 1.165) is 0 Å². The van der Waals surface area contributed by atoms with Crippen molar-refractivity contribution in [3.63, 3.8) is 0 Å². The molecule has 1 atom stereocenters. The van der Waals surface area contributed by atoms with Gasteiger partial charge in [0.25, 0.3) is 0 Å². The minimum absolute atomic E-state index is 0.0488. The number of amides is 2. The van der Waals surface area contributed by atoms with Crippen LogP contribution in [0.1, 0.15) is 33.3 Å². The maximum atomic E-state index is 12.7. The molecule has 13 heteroatoms. The van der Waals surface area contributed by atoms with Gasteiger partial charge in [-0.3, -0.25) is 9.78 Å². The molecule has 0 aliphatic carbocycles. The fraction of sp³-hybridized carbons (Fsp3) is 0.500. The second kappa shape index (κ2) is 10.3. The lowest BCUT2D eigenvalue weighted by molar-refractivity contribution is -0.138. The number of carbonyl (C=O) groups excluding carboxylic acids is 2. The summed E-state index contributed by atoms with van der Waals surface area (Å²) in [6, 6.07) is 1.30. The minimum Gasteiger partial charge on any atom is -0.490 e. The number of hydrogen-bond donors (Lipinski definition) is 1. The van der Waals surface area contributed by atoms with E-state index in [1.54, 1.807) is 33.8 Å². The molecule has 1 saturated heterocycles. The molecular weight excluding hydrogens is 469 g/mol. The largest absolute Gasteiger partial charge is 0.490 e. The average molecular weight is 496 g/mol. The standard InChI is InChI=1S/C22H27F3N6O4/c1-14(29-20(33)35-21(2,3)4)13-34-17-7-16(10-26-11-17)31-6-5-30(12-18(31)32)19-27-8-15(9-28-19)22(23,24)25/h7-11,14H,5-6,12-13H2,1-4H3,(H,29,33). The first-order chi connectivity index (χ1) is 16.3. The molecule has 0 spiro atoms. The molecule has 2 amide bonds. The second-order valence-corrected chi connectivity index (χ2v) is 8.97. The molecule has 2 aromatic heterocycles. The lowest BCUT2D eigenvalue weighted by Gasteiger charge is -2.34. The van der Waals surface area contributed by atoms with Gasteiger partial charge in [-0.05, 0) is 27.7 Å². The summed E-state index contributed by atoms with van der Waals surface area (Å²) in [6.45, 7) is 7.68. The Labute approximate surface area is 200 Å². The van der Waals surface area contributed by atoms with Crippen LogP contribution < -0.4 is 19.9 Å². The molecule has 0 saturated carbocycles. The van der Waals surface area contributed by atoms with Gasteiger partial charge < -0.3 is 24.6 Å². The van der Waals surface area contributed by atoms with Gasteiger partial charge in [0.2, 0.25) is 11.9 Å². The van der Waals surface area contributed by atoms with Gasteiger partial charge in [0.15, 0.2) is 0 Å². The number of nitrogens with zero attached hydrogens (tertiary/aromatic N) is 5. The van der Waals surface area contributed by atoms with E-state index in [0.29, 0.717) is 30.4 Å². The molecule has 0 bridgehead atoms. The quantitative estimate of drug-likeness (QED) is 0.650. The lowest BCUT2D eigenvalue weighted by atomic mass is 10.2. The summed E-state index contributed by atoms with van der Waals surface area (Å²) < 4.78 is 49.1. The number of alkyl carbamates (subject to hydrolysis) is 1. The number of anilines is 2. The Morgan fingerprint density at radius 3 is 2.43 bits per heavy atom. The molecule has 35 heavy (non-hydrogen) atoms. The van der Waals surface area contributed by atoms with E-state index in [1.807, 2.05) is 0 Å². The third kappa shape index (κ3) is 7.42. The summed E-state index contributed by atoms with van der Waals surface area (Å²) in [5.74, 6) is 0.160. The van der Waals surface area contributed by atoms with Crippen molar-refractivity contribution in [2.24, 2.45) is 0 Å². The molecule has 3 rings (SSSR count). The first kappa shape index (κ1) is 26.0. The zero-order valence-electron chi connectivity index (χ0n) is 19.8. The van der Waals surface area contributed by atoms with Gasteiger partial charge in [-0.1, -0.05) is 0 Å². The fourth-order valence-electron chi connectivity index (χ4n) is 3.15. The molecule has 190 valence electrons. The third-order valence-corrected chi connectivity index (χ3v) is 4.74.